The molecule has 4 rings (SSSR count). The number of aromatic nitrogens is 3. The van der Waals surface area contributed by atoms with Gasteiger partial charge in [-0.15, -0.1) is 5.10 Å². The molecule has 0 aliphatic heterocycles. The molecule has 3 N–H and O–H groups in total. The molecule has 2 aromatic heterocycles. The Morgan fingerprint density at radius 2 is 1.97 bits per heavy atom. The molecular formula is C23H28N4O4. The summed E-state index contributed by atoms with van der Waals surface area (Å²) in [7, 11) is 1.66. The molecule has 0 bridgehead atoms. The number of hydrogen-bond acceptors (Lipinski definition) is 6. The summed E-state index contributed by atoms with van der Waals surface area (Å²) in [4.78, 5) is 15.7. The number of benzene rings is 1. The standard InChI is InChI=1S/C23H28N4O4/c1-14(13-31-2)25-23-24-12-21-19(15-3-5-17(6-4-15)22(29)30)11-20(27(21)26-23)16-7-9-18(28)10-8-16/h3-6,11-12,14,16,18,28H,7-10,13H2,1-2H3,(H,25,26)(H,29,30)/t14-,16?,18?/m0/s1. The number of carboxylic acids is 1. The van der Waals surface area contributed by atoms with E-state index in [1.54, 1.807) is 25.4 Å². The Bertz CT molecular complexity index is 1060. The Hall–Kier alpha value is -2.97. The molecule has 1 fully saturated rings. The summed E-state index contributed by atoms with van der Waals surface area (Å²) in [6, 6.07) is 9.06. The van der Waals surface area contributed by atoms with Crippen LogP contribution in [0, 0.1) is 0 Å². The highest BCUT2D eigenvalue weighted by Crippen LogP contribution is 2.37. The van der Waals surface area contributed by atoms with Crippen molar-refractivity contribution in [2.75, 3.05) is 19.0 Å². The lowest BCUT2D eigenvalue weighted by Gasteiger charge is -2.25. The highest BCUT2D eigenvalue weighted by Gasteiger charge is 2.25. The van der Waals surface area contributed by atoms with Gasteiger partial charge in [0.15, 0.2) is 0 Å². The van der Waals surface area contributed by atoms with Gasteiger partial charge in [0.25, 0.3) is 0 Å². The van der Waals surface area contributed by atoms with E-state index < -0.39 is 5.97 Å². The third-order valence-electron chi connectivity index (χ3n) is 5.89. The molecule has 1 atom stereocenters. The van der Waals surface area contributed by atoms with Gasteiger partial charge < -0.3 is 20.3 Å². The van der Waals surface area contributed by atoms with Gasteiger partial charge in [0, 0.05) is 30.3 Å². The second kappa shape index (κ2) is 9.03. The lowest BCUT2D eigenvalue weighted by molar-refractivity contribution is 0.0697. The van der Waals surface area contributed by atoms with Crippen LogP contribution in [0.15, 0.2) is 36.5 Å². The molecule has 0 amide bonds. The van der Waals surface area contributed by atoms with Crippen LogP contribution in [0.3, 0.4) is 0 Å². The second-order valence-corrected chi connectivity index (χ2v) is 8.25. The van der Waals surface area contributed by atoms with Gasteiger partial charge in [0.2, 0.25) is 5.95 Å². The lowest BCUT2D eigenvalue weighted by atomic mass is 9.85. The Morgan fingerprint density at radius 1 is 1.26 bits per heavy atom. The predicted octanol–water partition coefficient (Wildman–Crippen LogP) is 3.56. The summed E-state index contributed by atoms with van der Waals surface area (Å²) >= 11 is 0. The monoisotopic (exact) mass is 424 g/mol. The number of anilines is 1. The van der Waals surface area contributed by atoms with E-state index in [0.717, 1.165) is 48.0 Å². The molecular weight excluding hydrogens is 396 g/mol. The number of aliphatic hydroxyl groups excluding tert-OH is 1. The van der Waals surface area contributed by atoms with Crippen molar-refractivity contribution in [3.63, 3.8) is 0 Å². The van der Waals surface area contributed by atoms with Gasteiger partial charge >= 0.3 is 5.97 Å². The Morgan fingerprint density at radius 3 is 2.61 bits per heavy atom. The highest BCUT2D eigenvalue weighted by molar-refractivity contribution is 5.89. The minimum Gasteiger partial charge on any atom is -0.478 e. The quantitative estimate of drug-likeness (QED) is 0.532. The number of hydrogen-bond donors (Lipinski definition) is 3. The number of methoxy groups -OCH3 is 1. The number of carboxylic acid groups (broad SMARTS) is 1. The fourth-order valence-corrected chi connectivity index (χ4v) is 4.28. The summed E-state index contributed by atoms with van der Waals surface area (Å²) < 4.78 is 7.13. The lowest BCUT2D eigenvalue weighted by Crippen LogP contribution is -2.23. The van der Waals surface area contributed by atoms with E-state index in [1.807, 2.05) is 23.6 Å². The maximum atomic E-state index is 11.2. The number of nitrogens with one attached hydrogen (secondary N) is 1. The summed E-state index contributed by atoms with van der Waals surface area (Å²) in [6.07, 6.45) is 4.93. The van der Waals surface area contributed by atoms with Crippen LogP contribution in [0.5, 0.6) is 0 Å². The van der Waals surface area contributed by atoms with Crippen molar-refractivity contribution in [3.8, 4) is 11.1 Å². The second-order valence-electron chi connectivity index (χ2n) is 8.25. The number of rotatable bonds is 7. The molecule has 1 aromatic carbocycles. The van der Waals surface area contributed by atoms with E-state index >= 15 is 0 Å². The molecule has 8 nitrogen and oxygen atoms in total. The Kier molecular flexibility index (Phi) is 6.20. The molecule has 8 heteroatoms. The van der Waals surface area contributed by atoms with Gasteiger partial charge in [-0.3, -0.25) is 0 Å². The summed E-state index contributed by atoms with van der Waals surface area (Å²) in [5.41, 5.74) is 4.10. The van der Waals surface area contributed by atoms with E-state index in [2.05, 4.69) is 16.4 Å². The van der Waals surface area contributed by atoms with Gasteiger partial charge in [-0.1, -0.05) is 12.1 Å². The first-order chi connectivity index (χ1) is 15.0. The predicted molar refractivity (Wildman–Crippen MR) is 118 cm³/mol. The minimum absolute atomic E-state index is 0.0642. The molecule has 0 unspecified atom stereocenters. The first-order valence-electron chi connectivity index (χ1n) is 10.6. The maximum absolute atomic E-state index is 11.2. The van der Waals surface area contributed by atoms with Gasteiger partial charge in [-0.05, 0) is 56.4 Å². The Balaban J connectivity index is 1.76. The molecule has 0 saturated heterocycles. The Labute approximate surface area is 180 Å². The molecule has 31 heavy (non-hydrogen) atoms. The number of nitrogens with zero attached hydrogens (tertiary/aromatic N) is 3. The van der Waals surface area contributed by atoms with Crippen molar-refractivity contribution >= 4 is 17.4 Å². The first-order valence-corrected chi connectivity index (χ1v) is 10.6. The van der Waals surface area contributed by atoms with Gasteiger partial charge in [0.1, 0.15) is 0 Å². The largest absolute Gasteiger partial charge is 0.478 e. The minimum atomic E-state index is -0.945. The zero-order valence-electron chi connectivity index (χ0n) is 17.8. The molecule has 0 radical (unpaired) electrons. The third kappa shape index (κ3) is 4.55. The van der Waals surface area contributed by atoms with Crippen molar-refractivity contribution in [3.05, 3.63) is 47.8 Å². The molecule has 1 aliphatic carbocycles. The molecule has 1 aliphatic rings. The molecule has 2 heterocycles. The molecule has 3 aromatic rings. The number of fused-ring (bicyclic) bond motifs is 1. The van der Waals surface area contributed by atoms with Crippen LogP contribution in [-0.4, -0.2) is 56.6 Å². The zero-order valence-corrected chi connectivity index (χ0v) is 17.8. The molecule has 164 valence electrons. The van der Waals surface area contributed by atoms with Crippen molar-refractivity contribution in [2.24, 2.45) is 0 Å². The third-order valence-corrected chi connectivity index (χ3v) is 5.89. The fourth-order valence-electron chi connectivity index (χ4n) is 4.28. The van der Waals surface area contributed by atoms with Crippen molar-refractivity contribution in [1.29, 1.82) is 0 Å². The van der Waals surface area contributed by atoms with E-state index in [0.29, 0.717) is 18.5 Å². The molecule has 0 spiro atoms. The van der Waals surface area contributed by atoms with Crippen LogP contribution in [0.2, 0.25) is 0 Å². The highest BCUT2D eigenvalue weighted by atomic mass is 16.5. The number of aromatic carboxylic acids is 1. The zero-order chi connectivity index (χ0) is 22.0. The van der Waals surface area contributed by atoms with Crippen LogP contribution in [0.4, 0.5) is 5.95 Å². The van der Waals surface area contributed by atoms with Crippen LogP contribution >= 0.6 is 0 Å². The van der Waals surface area contributed by atoms with Gasteiger partial charge in [-0.2, -0.15) is 0 Å². The van der Waals surface area contributed by atoms with Crippen LogP contribution in [0.1, 0.15) is 54.6 Å². The summed E-state index contributed by atoms with van der Waals surface area (Å²) in [5, 5.41) is 27.2. The average molecular weight is 425 g/mol. The molecule has 1 saturated carbocycles. The maximum Gasteiger partial charge on any atom is 0.335 e. The van der Waals surface area contributed by atoms with Crippen LogP contribution < -0.4 is 5.32 Å². The average Bonchev–Trinajstić information content (AvgIpc) is 3.13. The van der Waals surface area contributed by atoms with E-state index in [1.165, 1.54) is 0 Å². The van der Waals surface area contributed by atoms with Crippen molar-refractivity contribution in [2.45, 2.75) is 50.7 Å². The van der Waals surface area contributed by atoms with Gasteiger partial charge in [-0.25, -0.2) is 14.3 Å². The van der Waals surface area contributed by atoms with E-state index in [4.69, 9.17) is 9.84 Å². The number of ether oxygens (including phenoxy) is 1. The van der Waals surface area contributed by atoms with Crippen LogP contribution in [-0.2, 0) is 4.74 Å². The smallest absolute Gasteiger partial charge is 0.335 e. The topological polar surface area (TPSA) is 109 Å². The van der Waals surface area contributed by atoms with Gasteiger partial charge in [0.05, 0.1) is 30.0 Å². The fraction of sp³-hybridized carbons (Fsp3) is 0.435. The first kappa shape index (κ1) is 21.3. The van der Waals surface area contributed by atoms with Crippen molar-refractivity contribution in [1.82, 2.24) is 14.6 Å². The normalized spacial score (nSPS) is 20.0. The summed E-state index contributed by atoms with van der Waals surface area (Å²) in [6.45, 7) is 2.55. The van der Waals surface area contributed by atoms with E-state index in [-0.39, 0.29) is 17.7 Å². The number of aliphatic hydroxyl groups is 1. The van der Waals surface area contributed by atoms with E-state index in [9.17, 15) is 15.0 Å². The van der Waals surface area contributed by atoms with Crippen LogP contribution in [0.25, 0.3) is 16.6 Å². The van der Waals surface area contributed by atoms with Crippen molar-refractivity contribution < 1.29 is 19.7 Å². The summed E-state index contributed by atoms with van der Waals surface area (Å²) in [5.74, 6) is -0.126. The SMILES string of the molecule is COC[C@H](C)Nc1ncc2c(-c3ccc(C(=O)O)cc3)cc(C3CCC(O)CC3)n2n1. The number of carbonyl (C=O) groups is 1.